The predicted octanol–water partition coefficient (Wildman–Crippen LogP) is 3.90. The zero-order valence-corrected chi connectivity index (χ0v) is 16.5. The summed E-state index contributed by atoms with van der Waals surface area (Å²) in [5, 5.41) is 0.704. The Kier molecular flexibility index (Phi) is 8.27. The van der Waals surface area contributed by atoms with Gasteiger partial charge in [-0.05, 0) is 48.2 Å². The van der Waals surface area contributed by atoms with Crippen molar-refractivity contribution in [3.05, 3.63) is 64.9 Å². The van der Waals surface area contributed by atoms with E-state index in [2.05, 4.69) is 4.98 Å². The molecular weight excluding hydrogens is 364 g/mol. The van der Waals surface area contributed by atoms with Gasteiger partial charge in [0, 0.05) is 36.9 Å². The van der Waals surface area contributed by atoms with Crippen LogP contribution in [0.5, 0.6) is 0 Å². The fourth-order valence-corrected chi connectivity index (χ4v) is 2.95. The van der Waals surface area contributed by atoms with Crippen molar-refractivity contribution in [2.75, 3.05) is 13.7 Å². The zero-order chi connectivity index (χ0) is 19.6. The van der Waals surface area contributed by atoms with Gasteiger partial charge in [0.15, 0.2) is 0 Å². The second kappa shape index (κ2) is 10.7. The fourth-order valence-electron chi connectivity index (χ4n) is 2.82. The first kappa shape index (κ1) is 20.9. The molecule has 6 heteroatoms. The first-order chi connectivity index (χ1) is 13.0. The molecule has 1 aromatic carbocycles. The molecule has 2 rings (SSSR count). The number of pyridine rings is 1. The summed E-state index contributed by atoms with van der Waals surface area (Å²) < 4.78 is 4.79. The lowest BCUT2D eigenvalue weighted by atomic mass is 10.1. The Labute approximate surface area is 165 Å². The maximum Gasteiger partial charge on any atom is 0.310 e. The maximum absolute atomic E-state index is 12.8. The Bertz CT molecular complexity index is 735. The van der Waals surface area contributed by atoms with Crippen LogP contribution in [-0.2, 0) is 27.3 Å². The molecule has 1 atom stereocenters. The number of carbonyl (C=O) groups is 2. The van der Waals surface area contributed by atoms with E-state index < -0.39 is 0 Å². The van der Waals surface area contributed by atoms with Gasteiger partial charge in [0.05, 0.1) is 13.0 Å². The molecular formula is C21H25ClN2O3. The molecule has 1 amide bonds. The van der Waals surface area contributed by atoms with Crippen molar-refractivity contribution in [3.63, 3.8) is 0 Å². The third kappa shape index (κ3) is 7.02. The number of amides is 1. The second-order valence-corrected chi connectivity index (χ2v) is 6.97. The highest BCUT2D eigenvalue weighted by atomic mass is 35.5. The minimum absolute atomic E-state index is 0.0246. The molecule has 0 aliphatic carbocycles. The van der Waals surface area contributed by atoms with Crippen molar-refractivity contribution in [1.82, 2.24) is 9.88 Å². The quantitative estimate of drug-likeness (QED) is 0.611. The van der Waals surface area contributed by atoms with Crippen molar-refractivity contribution in [3.8, 4) is 0 Å². The normalized spacial score (nSPS) is 11.7. The van der Waals surface area contributed by atoms with Gasteiger partial charge in [-0.3, -0.25) is 14.6 Å². The monoisotopic (exact) mass is 388 g/mol. The Morgan fingerprint density at radius 1 is 1.11 bits per heavy atom. The Morgan fingerprint density at radius 3 is 2.41 bits per heavy atom. The minimum atomic E-state index is -0.378. The molecule has 1 unspecified atom stereocenters. The summed E-state index contributed by atoms with van der Waals surface area (Å²) in [6.07, 6.45) is 5.35. The van der Waals surface area contributed by atoms with Crippen LogP contribution < -0.4 is 0 Å². The van der Waals surface area contributed by atoms with Crippen molar-refractivity contribution in [2.45, 2.75) is 32.7 Å². The van der Waals surface area contributed by atoms with Crippen LogP contribution in [0.4, 0.5) is 0 Å². The molecule has 0 saturated carbocycles. The summed E-state index contributed by atoms with van der Waals surface area (Å²) in [5.74, 6) is -0.669. The summed E-state index contributed by atoms with van der Waals surface area (Å²) in [4.78, 5) is 30.3. The highest BCUT2D eigenvalue weighted by Crippen LogP contribution is 2.14. The van der Waals surface area contributed by atoms with E-state index in [9.17, 15) is 9.59 Å². The van der Waals surface area contributed by atoms with Crippen molar-refractivity contribution >= 4 is 23.5 Å². The lowest BCUT2D eigenvalue weighted by Gasteiger charge is -2.25. The van der Waals surface area contributed by atoms with E-state index in [0.717, 1.165) is 24.0 Å². The molecule has 5 nitrogen and oxygen atoms in total. The molecule has 0 fully saturated rings. The average molecular weight is 389 g/mol. The number of methoxy groups -OCH3 is 1. The number of benzene rings is 1. The summed E-state index contributed by atoms with van der Waals surface area (Å²) in [6.45, 7) is 2.55. The topological polar surface area (TPSA) is 59.5 Å². The van der Waals surface area contributed by atoms with Gasteiger partial charge in [-0.25, -0.2) is 0 Å². The Morgan fingerprint density at radius 2 is 1.78 bits per heavy atom. The van der Waals surface area contributed by atoms with E-state index in [-0.39, 0.29) is 17.8 Å². The standard InChI is InChI=1S/C21H25ClN2O3/c1-16(21(26)27-2)14-24(15-18-10-12-23-13-11-18)20(25)5-3-4-17-6-8-19(22)9-7-17/h6-13,16H,3-5,14-15H2,1-2H3. The number of hydrogen-bond acceptors (Lipinski definition) is 4. The van der Waals surface area contributed by atoms with Crippen LogP contribution >= 0.6 is 11.6 Å². The van der Waals surface area contributed by atoms with E-state index in [1.165, 1.54) is 7.11 Å². The maximum atomic E-state index is 12.8. The molecule has 0 spiro atoms. The number of hydrogen-bond donors (Lipinski definition) is 0. The second-order valence-electron chi connectivity index (χ2n) is 6.53. The zero-order valence-electron chi connectivity index (χ0n) is 15.7. The van der Waals surface area contributed by atoms with Gasteiger partial charge in [-0.2, -0.15) is 0 Å². The van der Waals surface area contributed by atoms with Crippen molar-refractivity contribution in [2.24, 2.45) is 5.92 Å². The average Bonchev–Trinajstić information content (AvgIpc) is 2.69. The molecule has 1 aromatic heterocycles. The SMILES string of the molecule is COC(=O)C(C)CN(Cc1ccncc1)C(=O)CCCc1ccc(Cl)cc1. The van der Waals surface area contributed by atoms with Crippen LogP contribution in [0.2, 0.25) is 5.02 Å². The Balaban J connectivity index is 1.96. The number of rotatable bonds is 9. The predicted molar refractivity (Wildman–Crippen MR) is 105 cm³/mol. The van der Waals surface area contributed by atoms with Gasteiger partial charge < -0.3 is 9.64 Å². The number of nitrogens with zero attached hydrogens (tertiary/aromatic N) is 2. The number of ether oxygens (including phenoxy) is 1. The number of halogens is 1. The fraction of sp³-hybridized carbons (Fsp3) is 0.381. The van der Waals surface area contributed by atoms with E-state index in [1.54, 1.807) is 24.2 Å². The van der Waals surface area contributed by atoms with E-state index in [4.69, 9.17) is 16.3 Å². The summed E-state index contributed by atoms with van der Waals surface area (Å²) >= 11 is 5.90. The molecule has 0 N–H and O–H groups in total. The van der Waals surface area contributed by atoms with Crippen LogP contribution in [0.25, 0.3) is 0 Å². The number of carbonyl (C=O) groups excluding carboxylic acids is 2. The first-order valence-electron chi connectivity index (χ1n) is 8.98. The van der Waals surface area contributed by atoms with E-state index in [1.807, 2.05) is 36.4 Å². The van der Waals surface area contributed by atoms with Crippen LogP contribution in [0.3, 0.4) is 0 Å². The summed E-state index contributed by atoms with van der Waals surface area (Å²) in [7, 11) is 1.36. The molecule has 27 heavy (non-hydrogen) atoms. The minimum Gasteiger partial charge on any atom is -0.469 e. The molecule has 0 aliphatic heterocycles. The number of aryl methyl sites for hydroxylation is 1. The highest BCUT2D eigenvalue weighted by molar-refractivity contribution is 6.30. The molecule has 0 bridgehead atoms. The van der Waals surface area contributed by atoms with Gasteiger partial charge in [-0.1, -0.05) is 30.7 Å². The van der Waals surface area contributed by atoms with Crippen molar-refractivity contribution in [1.29, 1.82) is 0 Å². The number of esters is 1. The lowest BCUT2D eigenvalue weighted by Crippen LogP contribution is -2.36. The molecule has 0 saturated heterocycles. The molecule has 144 valence electrons. The van der Waals surface area contributed by atoms with Crippen LogP contribution in [0.1, 0.15) is 30.9 Å². The smallest absolute Gasteiger partial charge is 0.310 e. The van der Waals surface area contributed by atoms with E-state index >= 15 is 0 Å². The van der Waals surface area contributed by atoms with Crippen molar-refractivity contribution < 1.29 is 14.3 Å². The lowest BCUT2D eigenvalue weighted by molar-refractivity contribution is -0.146. The first-order valence-corrected chi connectivity index (χ1v) is 9.36. The number of aromatic nitrogens is 1. The largest absolute Gasteiger partial charge is 0.469 e. The molecule has 2 aromatic rings. The van der Waals surface area contributed by atoms with Gasteiger partial charge in [0.25, 0.3) is 0 Å². The van der Waals surface area contributed by atoms with Crippen LogP contribution in [-0.4, -0.2) is 35.4 Å². The van der Waals surface area contributed by atoms with Gasteiger partial charge >= 0.3 is 5.97 Å². The molecule has 0 radical (unpaired) electrons. The van der Waals surface area contributed by atoms with Crippen LogP contribution in [0, 0.1) is 5.92 Å². The third-order valence-electron chi connectivity index (χ3n) is 4.34. The Hall–Kier alpha value is -2.40. The van der Waals surface area contributed by atoms with Gasteiger partial charge in [-0.15, -0.1) is 0 Å². The molecule has 1 heterocycles. The van der Waals surface area contributed by atoms with E-state index in [0.29, 0.717) is 24.5 Å². The van der Waals surface area contributed by atoms with Crippen LogP contribution in [0.15, 0.2) is 48.8 Å². The third-order valence-corrected chi connectivity index (χ3v) is 4.59. The van der Waals surface area contributed by atoms with Gasteiger partial charge in [0.1, 0.15) is 0 Å². The van der Waals surface area contributed by atoms with Gasteiger partial charge in [0.2, 0.25) is 5.91 Å². The molecule has 0 aliphatic rings. The summed E-state index contributed by atoms with van der Waals surface area (Å²) in [5.41, 5.74) is 2.13. The summed E-state index contributed by atoms with van der Waals surface area (Å²) in [6, 6.07) is 11.4. The highest BCUT2D eigenvalue weighted by Gasteiger charge is 2.21.